The normalized spacial score (nSPS) is 11.3. The number of hydrogen-bond donors (Lipinski definition) is 3. The lowest BCUT2D eigenvalue weighted by atomic mass is 10.4. The van der Waals surface area contributed by atoms with E-state index in [4.69, 9.17) is 22.8 Å². The van der Waals surface area contributed by atoms with Crippen LogP contribution in [-0.4, -0.2) is 6.54 Å². The van der Waals surface area contributed by atoms with Gasteiger partial charge in [0, 0.05) is 6.54 Å². The van der Waals surface area contributed by atoms with Gasteiger partial charge in [-0.2, -0.15) is 0 Å². The Balaban J connectivity index is 3.28. The average Bonchev–Trinajstić information content (AvgIpc) is 1.63. The topological polar surface area (TPSA) is 64.1 Å². The van der Waals surface area contributed by atoms with Crippen LogP contribution in [0.15, 0.2) is 12.7 Å². The van der Waals surface area contributed by atoms with Crippen molar-refractivity contribution in [1.29, 1.82) is 0 Å². The Labute approximate surface area is 60.7 Å². The van der Waals surface area contributed by atoms with Crippen LogP contribution in [0.5, 0.6) is 0 Å². The van der Waals surface area contributed by atoms with Gasteiger partial charge in [-0.15, -0.1) is 6.58 Å². The van der Waals surface area contributed by atoms with Crippen LogP contribution in [0.2, 0.25) is 0 Å². The van der Waals surface area contributed by atoms with Gasteiger partial charge in [-0.3, -0.25) is 16.1 Å². The van der Waals surface area contributed by atoms with E-state index in [-0.39, 0.29) is 0 Å². The van der Waals surface area contributed by atoms with E-state index in [0.717, 1.165) is 13.0 Å². The first-order valence-corrected chi connectivity index (χ1v) is 5.53. The molecule has 0 saturated heterocycles. The highest BCUT2D eigenvalue weighted by molar-refractivity contribution is 8.11. The van der Waals surface area contributed by atoms with Crippen molar-refractivity contribution in [3.8, 4) is 0 Å². The fourth-order valence-electron chi connectivity index (χ4n) is 0.341. The second-order valence-electron chi connectivity index (χ2n) is 1.69. The molecule has 0 atom stereocenters. The molecular weight excluding hydrogens is 153 g/mol. The first-order valence-electron chi connectivity index (χ1n) is 2.59. The molecule has 3 nitrogen and oxygen atoms in total. The molecule has 0 rings (SSSR count). The van der Waals surface area contributed by atoms with E-state index < -0.39 is 6.49 Å². The Bertz CT molecular complexity index is 130. The van der Waals surface area contributed by atoms with Crippen molar-refractivity contribution in [3.05, 3.63) is 12.7 Å². The SMILES string of the molecule is C=CCCNP(N)(N)=S. The van der Waals surface area contributed by atoms with Gasteiger partial charge in [0.15, 0.2) is 0 Å². The molecule has 0 spiro atoms. The van der Waals surface area contributed by atoms with E-state index in [9.17, 15) is 0 Å². The molecule has 0 heterocycles. The van der Waals surface area contributed by atoms with E-state index in [2.05, 4.69) is 11.7 Å². The number of rotatable bonds is 4. The molecule has 0 amide bonds. The zero-order valence-electron chi connectivity index (χ0n) is 5.21. The largest absolute Gasteiger partial charge is 0.280 e. The van der Waals surface area contributed by atoms with Crippen molar-refractivity contribution in [2.24, 2.45) is 11.0 Å². The average molecular weight is 165 g/mol. The molecule has 0 fully saturated rings. The summed E-state index contributed by atoms with van der Waals surface area (Å²) in [7, 11) is 0. The Morgan fingerprint density at radius 3 is 2.56 bits per heavy atom. The van der Waals surface area contributed by atoms with Crippen molar-refractivity contribution in [2.75, 3.05) is 6.54 Å². The van der Waals surface area contributed by atoms with Crippen LogP contribution in [0.1, 0.15) is 6.42 Å². The van der Waals surface area contributed by atoms with Gasteiger partial charge in [0.25, 0.3) is 0 Å². The van der Waals surface area contributed by atoms with Crippen molar-refractivity contribution >= 4 is 18.3 Å². The van der Waals surface area contributed by atoms with Gasteiger partial charge in [-0.05, 0) is 18.2 Å². The molecule has 0 aliphatic carbocycles. The highest BCUT2D eigenvalue weighted by atomic mass is 32.4. The second kappa shape index (κ2) is 4.14. The Morgan fingerprint density at radius 1 is 1.67 bits per heavy atom. The van der Waals surface area contributed by atoms with Crippen LogP contribution in [0, 0.1) is 0 Å². The highest BCUT2D eigenvalue weighted by Crippen LogP contribution is 2.16. The predicted octanol–water partition coefficient (Wildman–Crippen LogP) is 0.294. The van der Waals surface area contributed by atoms with Crippen molar-refractivity contribution in [3.63, 3.8) is 0 Å². The number of nitrogens with two attached hydrogens (primary N) is 2. The van der Waals surface area contributed by atoms with E-state index in [1.54, 1.807) is 6.08 Å². The zero-order chi connectivity index (χ0) is 7.33. The molecule has 0 aromatic rings. The zero-order valence-corrected chi connectivity index (χ0v) is 6.92. The van der Waals surface area contributed by atoms with Gasteiger partial charge >= 0.3 is 0 Å². The third-order valence-electron chi connectivity index (χ3n) is 0.707. The fourth-order valence-corrected chi connectivity index (χ4v) is 1.09. The van der Waals surface area contributed by atoms with Gasteiger partial charge in [0.2, 0.25) is 0 Å². The number of nitrogens with one attached hydrogen (secondary N) is 1. The monoisotopic (exact) mass is 165 g/mol. The second-order valence-corrected chi connectivity index (χ2v) is 5.24. The quantitative estimate of drug-likeness (QED) is 0.318. The summed E-state index contributed by atoms with van der Waals surface area (Å²) in [4.78, 5) is 0. The van der Waals surface area contributed by atoms with Crippen LogP contribution in [0.4, 0.5) is 0 Å². The fraction of sp³-hybridized carbons (Fsp3) is 0.500. The summed E-state index contributed by atoms with van der Waals surface area (Å²) < 4.78 is 0. The van der Waals surface area contributed by atoms with Crippen LogP contribution in [-0.2, 0) is 11.8 Å². The Kier molecular flexibility index (Phi) is 4.27. The first-order chi connectivity index (χ1) is 4.06. The van der Waals surface area contributed by atoms with Crippen molar-refractivity contribution in [1.82, 2.24) is 5.09 Å². The van der Waals surface area contributed by atoms with Gasteiger partial charge in [0.1, 0.15) is 6.49 Å². The molecule has 5 heteroatoms. The molecular formula is C4H12N3PS. The summed E-state index contributed by atoms with van der Waals surface area (Å²) in [6.45, 7) is 2.11. The molecule has 0 unspecified atom stereocenters. The maximum absolute atomic E-state index is 5.33. The molecule has 5 N–H and O–H groups in total. The Morgan fingerprint density at radius 2 is 2.22 bits per heavy atom. The van der Waals surface area contributed by atoms with Crippen LogP contribution >= 0.6 is 6.49 Å². The van der Waals surface area contributed by atoms with Crippen LogP contribution in [0.25, 0.3) is 0 Å². The van der Waals surface area contributed by atoms with Gasteiger partial charge < -0.3 is 0 Å². The molecule has 0 aliphatic rings. The van der Waals surface area contributed by atoms with Crippen LogP contribution < -0.4 is 16.1 Å². The summed E-state index contributed by atoms with van der Waals surface area (Å²) >= 11 is 4.72. The van der Waals surface area contributed by atoms with E-state index >= 15 is 0 Å². The summed E-state index contributed by atoms with van der Waals surface area (Å²) in [5, 5.41) is 2.83. The number of hydrogen-bond acceptors (Lipinski definition) is 1. The summed E-state index contributed by atoms with van der Waals surface area (Å²) in [6, 6.07) is 0. The van der Waals surface area contributed by atoms with E-state index in [1.165, 1.54) is 0 Å². The molecule has 54 valence electrons. The third kappa shape index (κ3) is 8.27. The smallest absolute Gasteiger partial charge is 0.132 e. The standard InChI is InChI=1S/C4H12N3PS/c1-2-3-4-7-8(5,6)9/h2H,1,3-4H2,(H5,5,6,7,9). The highest BCUT2D eigenvalue weighted by Gasteiger charge is 1.97. The predicted molar refractivity (Wildman–Crippen MR) is 45.5 cm³/mol. The maximum Gasteiger partial charge on any atom is 0.132 e. The molecule has 0 aliphatic heterocycles. The lowest BCUT2D eigenvalue weighted by Crippen LogP contribution is -2.22. The first kappa shape index (κ1) is 9.27. The lowest BCUT2D eigenvalue weighted by molar-refractivity contribution is 0.922. The Hall–Kier alpha value is 0.270. The van der Waals surface area contributed by atoms with Gasteiger partial charge in [-0.25, -0.2) is 0 Å². The lowest BCUT2D eigenvalue weighted by Gasteiger charge is -2.09. The summed E-state index contributed by atoms with van der Waals surface area (Å²) in [5.41, 5.74) is 10.7. The maximum atomic E-state index is 5.33. The minimum atomic E-state index is -2.16. The minimum Gasteiger partial charge on any atom is -0.280 e. The van der Waals surface area contributed by atoms with Gasteiger partial charge in [0.05, 0.1) is 0 Å². The molecule has 9 heavy (non-hydrogen) atoms. The third-order valence-corrected chi connectivity index (χ3v) is 1.81. The minimum absolute atomic E-state index is 0.730. The molecule has 0 radical (unpaired) electrons. The summed E-state index contributed by atoms with van der Waals surface area (Å²) in [5.74, 6) is 0. The molecule has 0 bridgehead atoms. The van der Waals surface area contributed by atoms with Crippen molar-refractivity contribution < 1.29 is 0 Å². The van der Waals surface area contributed by atoms with E-state index in [1.807, 2.05) is 0 Å². The molecule has 0 aromatic carbocycles. The van der Waals surface area contributed by atoms with Crippen LogP contribution in [0.3, 0.4) is 0 Å². The van der Waals surface area contributed by atoms with Crippen molar-refractivity contribution in [2.45, 2.75) is 6.42 Å². The van der Waals surface area contributed by atoms with E-state index in [0.29, 0.717) is 0 Å². The molecule has 0 aromatic heterocycles. The van der Waals surface area contributed by atoms with Gasteiger partial charge in [-0.1, -0.05) is 6.08 Å². The molecule has 0 saturated carbocycles. The summed E-state index contributed by atoms with van der Waals surface area (Å²) in [6.07, 6.45) is 2.64.